The van der Waals surface area contributed by atoms with Gasteiger partial charge in [-0.3, -0.25) is 4.40 Å². The molecule has 0 saturated heterocycles. The molecule has 0 bridgehead atoms. The largest absolute Gasteiger partial charge is 0.309 e. The third-order valence-corrected chi connectivity index (χ3v) is 7.31. The highest BCUT2D eigenvalue weighted by Crippen LogP contribution is 2.34. The van der Waals surface area contributed by atoms with Crippen molar-refractivity contribution in [1.82, 2.24) is 14.0 Å². The summed E-state index contributed by atoms with van der Waals surface area (Å²) < 4.78 is 4.59. The van der Waals surface area contributed by atoms with Crippen molar-refractivity contribution in [1.29, 1.82) is 0 Å². The number of imidazole rings is 1. The van der Waals surface area contributed by atoms with Gasteiger partial charge in [0.25, 0.3) is 0 Å². The summed E-state index contributed by atoms with van der Waals surface area (Å²) in [5.41, 5.74) is 7.79. The average molecular weight is 460 g/mol. The number of hydrogen-bond donors (Lipinski definition) is 0. The number of para-hydroxylation sites is 3. The molecule has 0 fully saturated rings. The summed E-state index contributed by atoms with van der Waals surface area (Å²) in [7, 11) is 0. The van der Waals surface area contributed by atoms with Crippen molar-refractivity contribution in [3.05, 3.63) is 128 Å². The molecule has 0 N–H and O–H groups in total. The fraction of sp³-hybridized carbons (Fsp3) is 0. The van der Waals surface area contributed by atoms with Gasteiger partial charge in [-0.05, 0) is 35.7 Å². The summed E-state index contributed by atoms with van der Waals surface area (Å²) in [5.74, 6) is 0. The van der Waals surface area contributed by atoms with Gasteiger partial charge in [0.05, 0.1) is 22.2 Å². The topological polar surface area (TPSA) is 22.2 Å². The molecule has 0 aliphatic rings. The predicted molar refractivity (Wildman–Crippen MR) is 150 cm³/mol. The molecule has 0 radical (unpaired) electrons. The minimum atomic E-state index is 0.971. The van der Waals surface area contributed by atoms with Gasteiger partial charge >= 0.3 is 0 Å². The number of benzene rings is 5. The van der Waals surface area contributed by atoms with Crippen LogP contribution in [0.15, 0.2) is 128 Å². The lowest BCUT2D eigenvalue weighted by Crippen LogP contribution is -1.94. The summed E-state index contributed by atoms with van der Waals surface area (Å²) in [6, 6.07) is 43.1. The van der Waals surface area contributed by atoms with Crippen molar-refractivity contribution in [3.63, 3.8) is 0 Å². The number of aromatic nitrogens is 3. The molecular formula is C33H21N3. The molecule has 168 valence electrons. The Labute approximate surface area is 207 Å². The molecule has 0 unspecified atom stereocenters. The molecule has 3 nitrogen and oxygen atoms in total. The van der Waals surface area contributed by atoms with Crippen LogP contribution < -0.4 is 0 Å². The van der Waals surface area contributed by atoms with Crippen molar-refractivity contribution >= 4 is 49.1 Å². The number of fused-ring (bicyclic) bond motifs is 9. The van der Waals surface area contributed by atoms with Crippen molar-refractivity contribution in [3.8, 4) is 16.9 Å². The Morgan fingerprint density at radius 3 is 1.72 bits per heavy atom. The standard InChI is InChI=1S/C33H21N3/c1-2-16-28-24(12-1)25-13-3-6-17-30(25)35-21-29(34-33(28)35)22-10-9-11-23(20-22)36-31-18-7-4-14-26(31)27-15-5-8-19-32(27)36/h1-21H. The molecule has 0 amide bonds. The maximum absolute atomic E-state index is 5.16. The van der Waals surface area contributed by atoms with Crippen LogP contribution in [0.5, 0.6) is 0 Å². The SMILES string of the molecule is c1cc(-c2cn3c4ccccc4c4ccccc4c3n2)cc(-n2c3ccccc3c3ccccc32)c1. The molecule has 0 saturated carbocycles. The zero-order valence-corrected chi connectivity index (χ0v) is 19.5. The van der Waals surface area contributed by atoms with Crippen LogP contribution in [0.1, 0.15) is 0 Å². The van der Waals surface area contributed by atoms with Gasteiger partial charge in [-0.2, -0.15) is 0 Å². The fourth-order valence-corrected chi connectivity index (χ4v) is 5.72. The van der Waals surface area contributed by atoms with E-state index < -0.39 is 0 Å². The molecule has 8 rings (SSSR count). The summed E-state index contributed by atoms with van der Waals surface area (Å²) in [5, 5.41) is 6.18. The molecule has 3 heterocycles. The van der Waals surface area contributed by atoms with Crippen molar-refractivity contribution in [2.45, 2.75) is 0 Å². The number of pyridine rings is 1. The van der Waals surface area contributed by atoms with E-state index >= 15 is 0 Å². The minimum Gasteiger partial charge on any atom is -0.309 e. The van der Waals surface area contributed by atoms with E-state index in [0.717, 1.165) is 22.6 Å². The van der Waals surface area contributed by atoms with Gasteiger partial charge in [0.2, 0.25) is 0 Å². The highest BCUT2D eigenvalue weighted by Gasteiger charge is 2.15. The normalized spacial score (nSPS) is 11.9. The molecule has 0 aliphatic heterocycles. The van der Waals surface area contributed by atoms with Crippen LogP contribution in [0.25, 0.3) is 66.1 Å². The van der Waals surface area contributed by atoms with Gasteiger partial charge in [0.1, 0.15) is 5.65 Å². The first-order chi connectivity index (χ1) is 17.9. The van der Waals surface area contributed by atoms with Crippen LogP contribution in [0.2, 0.25) is 0 Å². The summed E-state index contributed by atoms with van der Waals surface area (Å²) in [4.78, 5) is 5.16. The number of nitrogens with zero attached hydrogens (tertiary/aromatic N) is 3. The first kappa shape index (κ1) is 19.4. The van der Waals surface area contributed by atoms with E-state index in [-0.39, 0.29) is 0 Å². The quantitative estimate of drug-likeness (QED) is 0.238. The molecule has 0 aliphatic carbocycles. The fourth-order valence-electron chi connectivity index (χ4n) is 5.72. The lowest BCUT2D eigenvalue weighted by molar-refractivity contribution is 1.18. The Kier molecular flexibility index (Phi) is 3.94. The Balaban J connectivity index is 1.39. The van der Waals surface area contributed by atoms with Gasteiger partial charge in [-0.1, -0.05) is 91.0 Å². The van der Waals surface area contributed by atoms with E-state index in [1.807, 2.05) is 0 Å². The van der Waals surface area contributed by atoms with Gasteiger partial charge in [0.15, 0.2) is 0 Å². The molecule has 5 aromatic carbocycles. The van der Waals surface area contributed by atoms with Gasteiger partial charge in [-0.15, -0.1) is 0 Å². The number of rotatable bonds is 2. The van der Waals surface area contributed by atoms with Gasteiger partial charge < -0.3 is 4.57 Å². The molecule has 8 aromatic rings. The smallest absolute Gasteiger partial charge is 0.145 e. The van der Waals surface area contributed by atoms with E-state index in [1.54, 1.807) is 0 Å². The van der Waals surface area contributed by atoms with Crippen LogP contribution in [0.3, 0.4) is 0 Å². The summed E-state index contributed by atoms with van der Waals surface area (Å²) in [6.45, 7) is 0. The number of hydrogen-bond acceptors (Lipinski definition) is 1. The lowest BCUT2D eigenvalue weighted by atomic mass is 10.1. The summed E-state index contributed by atoms with van der Waals surface area (Å²) >= 11 is 0. The molecule has 3 heteroatoms. The van der Waals surface area contributed by atoms with Gasteiger partial charge in [0, 0.05) is 39.0 Å². The molecular weight excluding hydrogens is 438 g/mol. The van der Waals surface area contributed by atoms with E-state index in [2.05, 4.69) is 136 Å². The highest BCUT2D eigenvalue weighted by atomic mass is 15.0. The Morgan fingerprint density at radius 1 is 0.472 bits per heavy atom. The molecule has 0 spiro atoms. The van der Waals surface area contributed by atoms with Gasteiger partial charge in [-0.25, -0.2) is 4.98 Å². The zero-order valence-electron chi connectivity index (χ0n) is 19.5. The second-order valence-electron chi connectivity index (χ2n) is 9.30. The van der Waals surface area contributed by atoms with Crippen molar-refractivity contribution < 1.29 is 0 Å². The summed E-state index contributed by atoms with van der Waals surface area (Å²) in [6.07, 6.45) is 2.18. The van der Waals surface area contributed by atoms with Crippen LogP contribution >= 0.6 is 0 Å². The Hall–Kier alpha value is -4.89. The zero-order chi connectivity index (χ0) is 23.6. The van der Waals surface area contributed by atoms with E-state index in [9.17, 15) is 0 Å². The second kappa shape index (κ2) is 7.30. The third kappa shape index (κ3) is 2.65. The van der Waals surface area contributed by atoms with Crippen molar-refractivity contribution in [2.75, 3.05) is 0 Å². The molecule has 36 heavy (non-hydrogen) atoms. The third-order valence-electron chi connectivity index (χ3n) is 7.31. The maximum Gasteiger partial charge on any atom is 0.145 e. The molecule has 3 aromatic heterocycles. The van der Waals surface area contributed by atoms with E-state index in [4.69, 9.17) is 4.98 Å². The van der Waals surface area contributed by atoms with Crippen LogP contribution in [-0.4, -0.2) is 14.0 Å². The highest BCUT2D eigenvalue weighted by molar-refractivity contribution is 6.12. The first-order valence-corrected chi connectivity index (χ1v) is 12.2. The van der Waals surface area contributed by atoms with Crippen molar-refractivity contribution in [2.24, 2.45) is 0 Å². The maximum atomic E-state index is 5.16. The second-order valence-corrected chi connectivity index (χ2v) is 9.30. The predicted octanol–water partition coefficient (Wildman–Crippen LogP) is 8.40. The monoisotopic (exact) mass is 459 g/mol. The molecule has 0 atom stereocenters. The van der Waals surface area contributed by atoms with E-state index in [1.165, 1.54) is 43.5 Å². The van der Waals surface area contributed by atoms with E-state index in [0.29, 0.717) is 0 Å². The lowest BCUT2D eigenvalue weighted by Gasteiger charge is -2.09. The van der Waals surface area contributed by atoms with Crippen LogP contribution in [0.4, 0.5) is 0 Å². The average Bonchev–Trinajstić information content (AvgIpc) is 3.54. The van der Waals surface area contributed by atoms with Crippen LogP contribution in [0, 0.1) is 0 Å². The first-order valence-electron chi connectivity index (χ1n) is 12.2. The Bertz CT molecular complexity index is 1980. The minimum absolute atomic E-state index is 0.971. The van der Waals surface area contributed by atoms with Crippen LogP contribution in [-0.2, 0) is 0 Å². The Morgan fingerprint density at radius 2 is 1.03 bits per heavy atom.